The van der Waals surface area contributed by atoms with E-state index in [2.05, 4.69) is 19.2 Å². The molecule has 15 heavy (non-hydrogen) atoms. The molecule has 1 amide bonds. The van der Waals surface area contributed by atoms with E-state index in [1.54, 1.807) is 0 Å². The van der Waals surface area contributed by atoms with Gasteiger partial charge in [0.1, 0.15) is 0 Å². The fourth-order valence-electron chi connectivity index (χ4n) is 2.11. The Balaban J connectivity index is 2.26. The quantitative estimate of drug-likeness (QED) is 0.656. The topological polar surface area (TPSA) is 32.3 Å². The lowest BCUT2D eigenvalue weighted by Crippen LogP contribution is -2.37. The highest BCUT2D eigenvalue weighted by Gasteiger charge is 2.28. The molecule has 1 saturated heterocycles. The summed E-state index contributed by atoms with van der Waals surface area (Å²) in [6, 6.07) is 0. The van der Waals surface area contributed by atoms with E-state index < -0.39 is 0 Å². The van der Waals surface area contributed by atoms with Gasteiger partial charge < -0.3 is 4.90 Å². The van der Waals surface area contributed by atoms with Crippen molar-refractivity contribution in [3.63, 3.8) is 0 Å². The summed E-state index contributed by atoms with van der Waals surface area (Å²) >= 11 is 0. The molecule has 0 radical (unpaired) electrons. The van der Waals surface area contributed by atoms with Gasteiger partial charge in [0.15, 0.2) is 0 Å². The zero-order chi connectivity index (χ0) is 11.1. The van der Waals surface area contributed by atoms with Crippen molar-refractivity contribution in [3.8, 4) is 0 Å². The van der Waals surface area contributed by atoms with Crippen LogP contribution in [0.5, 0.6) is 0 Å². The fourth-order valence-corrected chi connectivity index (χ4v) is 2.11. The van der Waals surface area contributed by atoms with Crippen LogP contribution >= 0.6 is 0 Å². The molecule has 88 valence electrons. The second kappa shape index (κ2) is 6.83. The number of carbonyl (C=O) groups is 1. The molecule has 1 unspecified atom stereocenters. The van der Waals surface area contributed by atoms with Gasteiger partial charge in [-0.25, -0.2) is 0 Å². The number of amides is 1. The summed E-state index contributed by atoms with van der Waals surface area (Å²) in [5.41, 5.74) is 0. The maximum atomic E-state index is 11.6. The first-order valence-corrected chi connectivity index (χ1v) is 6.32. The van der Waals surface area contributed by atoms with E-state index in [-0.39, 0.29) is 5.91 Å². The molecule has 0 aromatic rings. The van der Waals surface area contributed by atoms with E-state index >= 15 is 0 Å². The first kappa shape index (κ1) is 12.5. The first-order chi connectivity index (χ1) is 7.29. The molecule has 1 heterocycles. The Morgan fingerprint density at radius 2 is 2.07 bits per heavy atom. The van der Waals surface area contributed by atoms with E-state index in [1.807, 2.05) is 4.90 Å². The molecule has 1 fully saturated rings. The zero-order valence-electron chi connectivity index (χ0n) is 10.1. The van der Waals surface area contributed by atoms with Crippen LogP contribution in [0.15, 0.2) is 0 Å². The van der Waals surface area contributed by atoms with Gasteiger partial charge in [-0.05, 0) is 12.8 Å². The minimum atomic E-state index is 0.282. The molecular weight excluding hydrogens is 188 g/mol. The van der Waals surface area contributed by atoms with Gasteiger partial charge in [-0.1, -0.05) is 39.5 Å². The van der Waals surface area contributed by atoms with Gasteiger partial charge in [0.25, 0.3) is 0 Å². The summed E-state index contributed by atoms with van der Waals surface area (Å²) in [4.78, 5) is 13.6. The maximum absolute atomic E-state index is 11.6. The smallest absolute Gasteiger partial charge is 0.237 e. The summed E-state index contributed by atoms with van der Waals surface area (Å²) in [5, 5.41) is 3.27. The Hall–Kier alpha value is -0.570. The van der Waals surface area contributed by atoms with Crippen LogP contribution in [-0.2, 0) is 4.79 Å². The van der Waals surface area contributed by atoms with Crippen molar-refractivity contribution in [1.29, 1.82) is 0 Å². The van der Waals surface area contributed by atoms with Gasteiger partial charge in [-0.3, -0.25) is 10.1 Å². The predicted molar refractivity (Wildman–Crippen MR) is 62.6 cm³/mol. The van der Waals surface area contributed by atoms with Gasteiger partial charge >= 0.3 is 0 Å². The Bertz CT molecular complexity index is 194. The molecule has 0 saturated carbocycles. The number of hydrogen-bond acceptors (Lipinski definition) is 2. The predicted octanol–water partition coefficient (Wildman–Crippen LogP) is 2.12. The number of hydrogen-bond donors (Lipinski definition) is 1. The molecular formula is C12H24N2O. The van der Waals surface area contributed by atoms with Gasteiger partial charge in [0, 0.05) is 6.54 Å². The molecule has 1 N–H and O–H groups in total. The molecule has 1 rings (SSSR count). The maximum Gasteiger partial charge on any atom is 0.237 e. The SMILES string of the molecule is CCCCCCN1C(=O)CNC1CCC. The average molecular weight is 212 g/mol. The lowest BCUT2D eigenvalue weighted by atomic mass is 10.2. The summed E-state index contributed by atoms with van der Waals surface area (Å²) in [7, 11) is 0. The number of unbranched alkanes of at least 4 members (excludes halogenated alkanes) is 3. The van der Waals surface area contributed by atoms with Crippen molar-refractivity contribution < 1.29 is 4.79 Å². The molecule has 0 spiro atoms. The van der Waals surface area contributed by atoms with Crippen LogP contribution in [0, 0.1) is 0 Å². The number of rotatable bonds is 7. The summed E-state index contributed by atoms with van der Waals surface area (Å²) < 4.78 is 0. The molecule has 0 aromatic heterocycles. The van der Waals surface area contributed by atoms with Crippen LogP contribution in [0.3, 0.4) is 0 Å². The van der Waals surface area contributed by atoms with Crippen molar-refractivity contribution in [2.45, 2.75) is 58.5 Å². The highest BCUT2D eigenvalue weighted by Crippen LogP contribution is 2.12. The third kappa shape index (κ3) is 3.82. The standard InChI is InChI=1S/C12H24N2O/c1-3-5-6-7-9-14-11(8-4-2)13-10-12(14)15/h11,13H,3-10H2,1-2H3. The molecule has 1 aliphatic heterocycles. The van der Waals surface area contributed by atoms with Crippen LogP contribution in [0.2, 0.25) is 0 Å². The largest absolute Gasteiger partial charge is 0.326 e. The normalized spacial score (nSPS) is 21.3. The average Bonchev–Trinajstić information content (AvgIpc) is 2.56. The summed E-state index contributed by atoms with van der Waals surface area (Å²) in [5.74, 6) is 0.282. The molecule has 0 bridgehead atoms. The fraction of sp³-hybridized carbons (Fsp3) is 0.917. The van der Waals surface area contributed by atoms with E-state index in [9.17, 15) is 4.79 Å². The third-order valence-corrected chi connectivity index (χ3v) is 3.00. The van der Waals surface area contributed by atoms with Crippen molar-refractivity contribution in [2.24, 2.45) is 0 Å². The minimum Gasteiger partial charge on any atom is -0.326 e. The highest BCUT2D eigenvalue weighted by atomic mass is 16.2. The lowest BCUT2D eigenvalue weighted by molar-refractivity contribution is -0.128. The van der Waals surface area contributed by atoms with Crippen molar-refractivity contribution >= 4 is 5.91 Å². The van der Waals surface area contributed by atoms with Crippen LogP contribution < -0.4 is 5.32 Å². The minimum absolute atomic E-state index is 0.282. The van der Waals surface area contributed by atoms with Gasteiger partial charge in [0.05, 0.1) is 12.7 Å². The van der Waals surface area contributed by atoms with Crippen molar-refractivity contribution in [3.05, 3.63) is 0 Å². The summed E-state index contributed by atoms with van der Waals surface area (Å²) in [6.45, 7) is 5.86. The Morgan fingerprint density at radius 1 is 1.27 bits per heavy atom. The van der Waals surface area contributed by atoms with E-state index in [0.717, 1.165) is 25.8 Å². The zero-order valence-corrected chi connectivity index (χ0v) is 10.1. The van der Waals surface area contributed by atoms with Crippen LogP contribution in [0.1, 0.15) is 52.4 Å². The van der Waals surface area contributed by atoms with E-state index in [1.165, 1.54) is 19.3 Å². The monoisotopic (exact) mass is 212 g/mol. The second-order valence-electron chi connectivity index (χ2n) is 4.33. The van der Waals surface area contributed by atoms with Gasteiger partial charge in [0.2, 0.25) is 5.91 Å². The highest BCUT2D eigenvalue weighted by molar-refractivity contribution is 5.80. The first-order valence-electron chi connectivity index (χ1n) is 6.32. The van der Waals surface area contributed by atoms with Crippen molar-refractivity contribution in [1.82, 2.24) is 10.2 Å². The Morgan fingerprint density at radius 3 is 2.73 bits per heavy atom. The van der Waals surface area contributed by atoms with Crippen LogP contribution in [0.4, 0.5) is 0 Å². The molecule has 1 aliphatic rings. The van der Waals surface area contributed by atoms with Gasteiger partial charge in [-0.15, -0.1) is 0 Å². The number of nitrogens with zero attached hydrogens (tertiary/aromatic N) is 1. The Labute approximate surface area is 93.2 Å². The van der Waals surface area contributed by atoms with Crippen LogP contribution in [0.25, 0.3) is 0 Å². The lowest BCUT2D eigenvalue weighted by Gasteiger charge is -2.23. The molecule has 1 atom stereocenters. The molecule has 0 aromatic carbocycles. The second-order valence-corrected chi connectivity index (χ2v) is 4.33. The Kier molecular flexibility index (Phi) is 5.69. The molecule has 3 nitrogen and oxygen atoms in total. The number of nitrogens with one attached hydrogen (secondary N) is 1. The van der Waals surface area contributed by atoms with Gasteiger partial charge in [-0.2, -0.15) is 0 Å². The van der Waals surface area contributed by atoms with Crippen LogP contribution in [-0.4, -0.2) is 30.1 Å². The molecule has 3 heteroatoms. The summed E-state index contributed by atoms with van der Waals surface area (Å²) in [6.07, 6.45) is 7.47. The third-order valence-electron chi connectivity index (χ3n) is 3.00. The van der Waals surface area contributed by atoms with E-state index in [4.69, 9.17) is 0 Å². The number of carbonyl (C=O) groups excluding carboxylic acids is 1. The van der Waals surface area contributed by atoms with E-state index in [0.29, 0.717) is 12.7 Å². The molecule has 0 aliphatic carbocycles. The van der Waals surface area contributed by atoms with Crippen molar-refractivity contribution in [2.75, 3.05) is 13.1 Å².